The Bertz CT molecular complexity index is 398. The van der Waals surface area contributed by atoms with Crippen LogP contribution in [0.15, 0.2) is 21.7 Å². The third-order valence-electron chi connectivity index (χ3n) is 2.68. The summed E-state index contributed by atoms with van der Waals surface area (Å²) in [5, 5.41) is 1.33. The Morgan fingerprint density at radius 3 is 2.56 bits per heavy atom. The van der Waals surface area contributed by atoms with Crippen LogP contribution in [0.5, 0.6) is 0 Å². The molecular weight excluding hydrogens is 242 g/mol. The van der Waals surface area contributed by atoms with E-state index in [4.69, 9.17) is 5.73 Å². The minimum atomic E-state index is -3.24. The lowest BCUT2D eigenvalue weighted by molar-refractivity contribution is 0.518. The molecule has 0 saturated heterocycles. The van der Waals surface area contributed by atoms with Gasteiger partial charge >= 0.3 is 0 Å². The Morgan fingerprint density at radius 1 is 1.44 bits per heavy atom. The average molecular weight is 261 g/mol. The van der Waals surface area contributed by atoms with Crippen molar-refractivity contribution in [1.29, 1.82) is 0 Å². The molecule has 3 nitrogen and oxygen atoms in total. The molecule has 0 bridgehead atoms. The standard InChI is InChI=1S/C11H19NO2S2/c1-3-6-9(12)10(4-2)16(13,14)11-7-5-8-15-11/h5,7-10H,3-4,6,12H2,1-2H3. The van der Waals surface area contributed by atoms with Gasteiger partial charge in [-0.15, -0.1) is 11.3 Å². The molecule has 1 rings (SSSR count). The number of sulfone groups is 1. The fourth-order valence-electron chi connectivity index (χ4n) is 1.85. The van der Waals surface area contributed by atoms with Crippen LogP contribution in [0.3, 0.4) is 0 Å². The highest BCUT2D eigenvalue weighted by Gasteiger charge is 2.31. The molecule has 0 spiro atoms. The zero-order valence-electron chi connectivity index (χ0n) is 9.72. The molecule has 5 heteroatoms. The van der Waals surface area contributed by atoms with Crippen LogP contribution in [0.4, 0.5) is 0 Å². The first-order valence-electron chi connectivity index (χ1n) is 5.57. The SMILES string of the molecule is CCCC(N)C(CC)S(=O)(=O)c1cccs1. The molecule has 0 saturated carbocycles. The van der Waals surface area contributed by atoms with E-state index in [9.17, 15) is 8.42 Å². The number of thiophene rings is 1. The summed E-state index contributed by atoms with van der Waals surface area (Å²) in [6.45, 7) is 3.90. The van der Waals surface area contributed by atoms with Gasteiger partial charge in [-0.05, 0) is 24.3 Å². The predicted molar refractivity (Wildman–Crippen MR) is 68.5 cm³/mol. The van der Waals surface area contributed by atoms with Gasteiger partial charge in [-0.25, -0.2) is 8.42 Å². The Labute approximate surface area is 102 Å². The van der Waals surface area contributed by atoms with E-state index in [1.165, 1.54) is 11.3 Å². The van der Waals surface area contributed by atoms with E-state index < -0.39 is 15.1 Å². The van der Waals surface area contributed by atoms with Crippen molar-refractivity contribution < 1.29 is 8.42 Å². The van der Waals surface area contributed by atoms with Crippen LogP contribution in [0.2, 0.25) is 0 Å². The second kappa shape index (κ2) is 5.80. The molecule has 1 heterocycles. The van der Waals surface area contributed by atoms with Gasteiger partial charge in [0, 0.05) is 6.04 Å². The van der Waals surface area contributed by atoms with E-state index in [0.717, 1.165) is 12.8 Å². The van der Waals surface area contributed by atoms with Crippen LogP contribution in [-0.4, -0.2) is 19.7 Å². The number of hydrogen-bond donors (Lipinski definition) is 1. The summed E-state index contributed by atoms with van der Waals surface area (Å²) in [6, 6.07) is 3.15. The van der Waals surface area contributed by atoms with Crippen molar-refractivity contribution in [2.45, 2.75) is 48.6 Å². The molecule has 0 aliphatic rings. The summed E-state index contributed by atoms with van der Waals surface area (Å²) in [4.78, 5) is 0. The first kappa shape index (κ1) is 13.7. The van der Waals surface area contributed by atoms with Crippen molar-refractivity contribution in [1.82, 2.24) is 0 Å². The van der Waals surface area contributed by atoms with E-state index >= 15 is 0 Å². The minimum Gasteiger partial charge on any atom is -0.327 e. The van der Waals surface area contributed by atoms with Crippen LogP contribution in [0.25, 0.3) is 0 Å². The molecule has 2 unspecified atom stereocenters. The summed E-state index contributed by atoms with van der Waals surface area (Å²) < 4.78 is 25.0. The normalized spacial score (nSPS) is 15.9. The Hall–Kier alpha value is -0.390. The molecule has 1 aromatic rings. The van der Waals surface area contributed by atoms with Gasteiger partial charge in [0.2, 0.25) is 0 Å². The van der Waals surface area contributed by atoms with E-state index in [-0.39, 0.29) is 6.04 Å². The largest absolute Gasteiger partial charge is 0.327 e. The third-order valence-corrected chi connectivity index (χ3v) is 6.50. The summed E-state index contributed by atoms with van der Waals surface area (Å²) in [5.41, 5.74) is 5.96. The fraction of sp³-hybridized carbons (Fsp3) is 0.636. The molecule has 0 amide bonds. The van der Waals surface area contributed by atoms with Gasteiger partial charge in [0.15, 0.2) is 9.84 Å². The summed E-state index contributed by atoms with van der Waals surface area (Å²) in [5.74, 6) is 0. The van der Waals surface area contributed by atoms with Gasteiger partial charge in [0.25, 0.3) is 0 Å². The fourth-order valence-corrected chi connectivity index (χ4v) is 4.97. The molecule has 1 aromatic heterocycles. The monoisotopic (exact) mass is 261 g/mol. The van der Waals surface area contributed by atoms with Crippen molar-refractivity contribution in [2.75, 3.05) is 0 Å². The minimum absolute atomic E-state index is 0.262. The number of rotatable bonds is 6. The first-order chi connectivity index (χ1) is 7.54. The maximum atomic E-state index is 12.3. The Kier molecular flexibility index (Phi) is 4.95. The van der Waals surface area contributed by atoms with Crippen LogP contribution in [0.1, 0.15) is 33.1 Å². The van der Waals surface area contributed by atoms with Gasteiger partial charge in [-0.3, -0.25) is 0 Å². The lowest BCUT2D eigenvalue weighted by atomic mass is 10.1. The van der Waals surface area contributed by atoms with Crippen LogP contribution >= 0.6 is 11.3 Å². The molecule has 0 aliphatic heterocycles. The lowest BCUT2D eigenvalue weighted by Crippen LogP contribution is -2.39. The van der Waals surface area contributed by atoms with Gasteiger partial charge < -0.3 is 5.73 Å². The second-order valence-corrected chi connectivity index (χ2v) is 7.22. The van der Waals surface area contributed by atoms with Crippen LogP contribution in [-0.2, 0) is 9.84 Å². The Balaban J connectivity index is 2.96. The van der Waals surface area contributed by atoms with Crippen LogP contribution in [0, 0.1) is 0 Å². The second-order valence-electron chi connectivity index (χ2n) is 3.88. The average Bonchev–Trinajstić information content (AvgIpc) is 2.71. The highest BCUT2D eigenvalue weighted by molar-refractivity contribution is 7.94. The summed E-state index contributed by atoms with van der Waals surface area (Å²) in [7, 11) is -3.24. The third kappa shape index (κ3) is 2.84. The van der Waals surface area contributed by atoms with Gasteiger partial charge in [0.05, 0.1) is 5.25 Å². The van der Waals surface area contributed by atoms with Crippen molar-refractivity contribution in [3.63, 3.8) is 0 Å². The smallest absolute Gasteiger partial charge is 0.192 e. The van der Waals surface area contributed by atoms with Gasteiger partial charge in [0.1, 0.15) is 4.21 Å². The van der Waals surface area contributed by atoms with E-state index in [2.05, 4.69) is 0 Å². The summed E-state index contributed by atoms with van der Waals surface area (Å²) >= 11 is 1.27. The van der Waals surface area contributed by atoms with E-state index in [0.29, 0.717) is 10.6 Å². The maximum absolute atomic E-state index is 12.3. The molecule has 0 aromatic carbocycles. The number of nitrogens with two attached hydrogens (primary N) is 1. The van der Waals surface area contributed by atoms with E-state index in [1.807, 2.05) is 13.8 Å². The predicted octanol–water partition coefficient (Wildman–Crippen LogP) is 2.43. The number of hydrogen-bond acceptors (Lipinski definition) is 4. The summed E-state index contributed by atoms with van der Waals surface area (Å²) in [6.07, 6.45) is 2.24. The molecule has 0 radical (unpaired) electrons. The Morgan fingerprint density at radius 2 is 2.12 bits per heavy atom. The molecule has 2 N–H and O–H groups in total. The first-order valence-corrected chi connectivity index (χ1v) is 7.99. The quantitative estimate of drug-likeness (QED) is 0.855. The molecule has 0 fully saturated rings. The van der Waals surface area contributed by atoms with Gasteiger partial charge in [-0.1, -0.05) is 26.3 Å². The van der Waals surface area contributed by atoms with Crippen LogP contribution < -0.4 is 5.73 Å². The molecule has 16 heavy (non-hydrogen) atoms. The van der Waals surface area contributed by atoms with Gasteiger partial charge in [-0.2, -0.15) is 0 Å². The lowest BCUT2D eigenvalue weighted by Gasteiger charge is -2.21. The zero-order valence-corrected chi connectivity index (χ0v) is 11.4. The molecule has 2 atom stereocenters. The highest BCUT2D eigenvalue weighted by Crippen LogP contribution is 2.25. The maximum Gasteiger partial charge on any atom is 0.192 e. The van der Waals surface area contributed by atoms with Crippen molar-refractivity contribution in [3.05, 3.63) is 17.5 Å². The van der Waals surface area contributed by atoms with Crippen molar-refractivity contribution in [3.8, 4) is 0 Å². The van der Waals surface area contributed by atoms with E-state index in [1.54, 1.807) is 17.5 Å². The van der Waals surface area contributed by atoms with Crippen molar-refractivity contribution in [2.24, 2.45) is 5.73 Å². The zero-order chi connectivity index (χ0) is 12.2. The molecule has 0 aliphatic carbocycles. The molecule has 92 valence electrons. The molecular formula is C11H19NO2S2. The topological polar surface area (TPSA) is 60.2 Å². The van der Waals surface area contributed by atoms with Crippen molar-refractivity contribution >= 4 is 21.2 Å². The highest BCUT2D eigenvalue weighted by atomic mass is 32.2.